The van der Waals surface area contributed by atoms with Gasteiger partial charge < -0.3 is 24.6 Å². The minimum absolute atomic E-state index is 0.0695. The number of aromatic nitrogens is 2. The Morgan fingerprint density at radius 1 is 0.970 bits per heavy atom. The number of rotatable bonds is 11. The fraction of sp³-hybridized carbons (Fsp3) is 0.447. The summed E-state index contributed by atoms with van der Waals surface area (Å²) in [7, 11) is -4.28. The van der Waals surface area contributed by atoms with Crippen LogP contribution in [0, 0.1) is 23.5 Å². The summed E-state index contributed by atoms with van der Waals surface area (Å²) in [6.45, 7) is 4.43. The van der Waals surface area contributed by atoms with Crippen LogP contribution in [0.5, 0.6) is 0 Å². The number of amides is 3. The van der Waals surface area contributed by atoms with Gasteiger partial charge in [0.05, 0.1) is 23.4 Å². The molecular weight excluding hydrogens is 890 g/mol. The van der Waals surface area contributed by atoms with Crippen LogP contribution in [0.2, 0.25) is 0 Å². The zero-order valence-corrected chi connectivity index (χ0v) is 37.3. The second kappa shape index (κ2) is 16.1. The fourth-order valence-electron chi connectivity index (χ4n) is 11.4. The number of ketones is 1. The molecule has 0 spiro atoms. The van der Waals surface area contributed by atoms with Gasteiger partial charge in [-0.3, -0.25) is 29.5 Å². The Labute approximate surface area is 384 Å². The van der Waals surface area contributed by atoms with Gasteiger partial charge in [0.15, 0.2) is 11.5 Å². The molecule has 2 aromatic heterocycles. The summed E-state index contributed by atoms with van der Waals surface area (Å²) in [5.41, 5.74) is 0.0733. The number of nitrogens with two attached hydrogens (primary N) is 1. The summed E-state index contributed by atoms with van der Waals surface area (Å²) in [4.78, 5) is 73.0. The molecule has 4 saturated heterocycles. The molecule has 7 aliphatic rings. The largest absolute Gasteiger partial charge is 0.371 e. The van der Waals surface area contributed by atoms with Crippen LogP contribution in [0.1, 0.15) is 88.0 Å². The van der Waals surface area contributed by atoms with Gasteiger partial charge in [0.1, 0.15) is 30.0 Å². The van der Waals surface area contributed by atoms with Crippen molar-refractivity contribution in [2.75, 3.05) is 57.4 Å². The average Bonchev–Trinajstić information content (AvgIpc) is 3.69. The number of pyridine rings is 1. The number of anilines is 1. The number of benzene rings is 2. The van der Waals surface area contributed by atoms with Gasteiger partial charge in [0.2, 0.25) is 11.8 Å². The van der Waals surface area contributed by atoms with Gasteiger partial charge in [-0.15, -0.1) is 0 Å². The molecule has 4 N–H and O–H groups in total. The van der Waals surface area contributed by atoms with E-state index >= 15 is 13.2 Å². The number of aliphatic imine (C=N–C) groups is 1. The summed E-state index contributed by atoms with van der Waals surface area (Å²) in [6, 6.07) is 9.87. The predicted molar refractivity (Wildman–Crippen MR) is 240 cm³/mol. The Morgan fingerprint density at radius 2 is 1.76 bits per heavy atom. The van der Waals surface area contributed by atoms with Crippen molar-refractivity contribution in [1.29, 1.82) is 0 Å². The number of aromatic amines is 1. The van der Waals surface area contributed by atoms with Crippen molar-refractivity contribution in [3.05, 3.63) is 100 Å². The third kappa shape index (κ3) is 7.61. The van der Waals surface area contributed by atoms with E-state index in [1.54, 1.807) is 29.4 Å². The molecule has 4 aromatic rings. The molecule has 0 radical (unpaired) electrons. The first-order chi connectivity index (χ1) is 32.1. The van der Waals surface area contributed by atoms with Crippen molar-refractivity contribution in [1.82, 2.24) is 34.3 Å². The van der Waals surface area contributed by atoms with Crippen LogP contribution in [0.3, 0.4) is 0 Å². The summed E-state index contributed by atoms with van der Waals surface area (Å²) in [5, 5.41) is 7.97. The van der Waals surface area contributed by atoms with Gasteiger partial charge in [0.25, 0.3) is 16.1 Å². The van der Waals surface area contributed by atoms with E-state index in [1.165, 1.54) is 0 Å². The number of fused-ring (bicyclic) bond motifs is 2. The second-order valence-electron chi connectivity index (χ2n) is 19.2. The number of carbonyl (C=O) groups excluding carboxylic acids is 4. The molecule has 0 bridgehead atoms. The zero-order chi connectivity index (χ0) is 46.6. The maximum Gasteiger partial charge on any atom is 0.277 e. The van der Waals surface area contributed by atoms with Gasteiger partial charge in [-0.1, -0.05) is 0 Å². The van der Waals surface area contributed by atoms with Gasteiger partial charge in [-0.05, 0) is 93.1 Å². The summed E-state index contributed by atoms with van der Waals surface area (Å²) >= 11 is 0. The third-order valence-electron chi connectivity index (χ3n) is 15.2. The highest BCUT2D eigenvalue weighted by Crippen LogP contribution is 2.52. The molecule has 1 aliphatic carbocycles. The Hall–Kier alpha value is -5.96. The van der Waals surface area contributed by atoms with Crippen molar-refractivity contribution in [2.24, 2.45) is 22.0 Å². The van der Waals surface area contributed by atoms with E-state index in [0.29, 0.717) is 69.7 Å². The number of carbonyl (C=O) groups is 4. The SMILES string of the molecule is NS(=O)(=O)N1CCC(F)(c2cc(C(=O)c3c(C4=CN(C5(C6CCN(CC7CN(c8ccc9c(c8)CN(C8CCC(=O)NC8=O)C9=O)C7)CC6)CC5)CN=C4)[nH]c4ncccc34)c(F)cc2F)C1. The molecule has 16 nitrogen and oxygen atoms in total. The quantitative estimate of drug-likeness (QED) is 0.146. The number of nitrogens with zero attached hydrogens (tertiary/aromatic N) is 7. The first-order valence-corrected chi connectivity index (χ1v) is 24.3. The normalized spacial score (nSPS) is 24.9. The maximum absolute atomic E-state index is 16.3. The fourth-order valence-corrected chi connectivity index (χ4v) is 12.2. The molecule has 20 heteroatoms. The lowest BCUT2D eigenvalue weighted by Gasteiger charge is -2.46. The molecule has 1 saturated carbocycles. The average molecular weight is 939 g/mol. The van der Waals surface area contributed by atoms with E-state index in [4.69, 9.17) is 10.1 Å². The Kier molecular flexibility index (Phi) is 10.5. The van der Waals surface area contributed by atoms with E-state index in [-0.39, 0.29) is 35.9 Å². The monoisotopic (exact) mass is 938 g/mol. The van der Waals surface area contributed by atoms with Crippen molar-refractivity contribution in [2.45, 2.75) is 68.7 Å². The van der Waals surface area contributed by atoms with E-state index in [9.17, 15) is 27.6 Å². The highest BCUT2D eigenvalue weighted by Gasteiger charge is 2.54. The van der Waals surface area contributed by atoms with Crippen molar-refractivity contribution in [3.63, 3.8) is 0 Å². The number of hydrogen-bond donors (Lipinski definition) is 3. The van der Waals surface area contributed by atoms with Gasteiger partial charge in [-0.25, -0.2) is 23.3 Å². The standard InChI is InChI=1S/C47H49F3N10O6S/c48-36-18-37(49)35(46(50)11-15-59(25-46)67(51,65)66)17-34(36)42(62)40-33-2-1-12-53-43(33)55-41(40)29-19-52-26-58(23-29)47(9-10-47)30-7-13-56(14-8-30)20-27-21-57(22-27)31-3-4-32-28(16-31)24-60(45(32)64)38-5-6-39(61)54-44(38)63/h1-4,12,16-19,23,27,30,38H,5-11,13-15,20-22,24-26H2,(H,53,55)(H2,51,65,66)(H,54,61,63). The molecule has 2 unspecified atom stereocenters. The van der Waals surface area contributed by atoms with E-state index in [0.717, 1.165) is 75.7 Å². The van der Waals surface area contributed by atoms with Crippen LogP contribution in [0.25, 0.3) is 16.6 Å². The minimum atomic E-state index is -4.28. The molecular formula is C47H49F3N10O6S. The van der Waals surface area contributed by atoms with Crippen molar-refractivity contribution < 1.29 is 40.8 Å². The Morgan fingerprint density at radius 3 is 2.49 bits per heavy atom. The number of imide groups is 1. The van der Waals surface area contributed by atoms with E-state index in [2.05, 4.69) is 36.1 Å². The molecule has 350 valence electrons. The molecule has 8 heterocycles. The zero-order valence-electron chi connectivity index (χ0n) is 36.5. The first-order valence-electron chi connectivity index (χ1n) is 22.8. The van der Waals surface area contributed by atoms with Crippen LogP contribution in [0.15, 0.2) is 59.9 Å². The summed E-state index contributed by atoms with van der Waals surface area (Å²) in [5.74, 6) is -3.24. The maximum atomic E-state index is 16.3. The number of likely N-dealkylation sites (tertiary alicyclic amines) is 1. The lowest BCUT2D eigenvalue weighted by atomic mass is 9.85. The highest BCUT2D eigenvalue weighted by molar-refractivity contribution is 7.86. The molecule has 2 aromatic carbocycles. The summed E-state index contributed by atoms with van der Waals surface area (Å²) < 4.78 is 71.9. The van der Waals surface area contributed by atoms with Crippen molar-refractivity contribution in [3.8, 4) is 0 Å². The van der Waals surface area contributed by atoms with E-state index < -0.39 is 69.3 Å². The number of hydrogen-bond acceptors (Lipinski definition) is 11. The lowest BCUT2D eigenvalue weighted by Crippen LogP contribution is -2.53. The molecule has 5 fully saturated rings. The smallest absolute Gasteiger partial charge is 0.277 e. The van der Waals surface area contributed by atoms with Crippen molar-refractivity contribution >= 4 is 62.2 Å². The summed E-state index contributed by atoms with van der Waals surface area (Å²) in [6.07, 6.45) is 9.35. The minimum Gasteiger partial charge on any atom is -0.371 e. The highest BCUT2D eigenvalue weighted by atomic mass is 32.2. The number of halogens is 3. The predicted octanol–water partition coefficient (Wildman–Crippen LogP) is 3.97. The second-order valence-corrected chi connectivity index (χ2v) is 20.8. The van der Waals surface area contributed by atoms with Crippen LogP contribution < -0.4 is 15.4 Å². The van der Waals surface area contributed by atoms with E-state index in [1.807, 2.05) is 18.3 Å². The number of nitrogens with one attached hydrogen (secondary N) is 2. The molecule has 2 atom stereocenters. The van der Waals surface area contributed by atoms with Crippen LogP contribution >= 0.6 is 0 Å². The molecule has 3 amide bonds. The van der Waals surface area contributed by atoms with Gasteiger partial charge in [0, 0.05) is 109 Å². The molecule has 11 rings (SSSR count). The van der Waals surface area contributed by atoms with Crippen LogP contribution in [-0.4, -0.2) is 131 Å². The van der Waals surface area contributed by atoms with Crippen LogP contribution in [0.4, 0.5) is 18.9 Å². The number of alkyl halides is 1. The van der Waals surface area contributed by atoms with Gasteiger partial charge >= 0.3 is 0 Å². The molecule has 67 heavy (non-hydrogen) atoms. The Balaban J connectivity index is 0.749. The Bertz CT molecular complexity index is 2940. The van der Waals surface area contributed by atoms with Crippen LogP contribution in [-0.2, 0) is 32.0 Å². The third-order valence-corrected chi connectivity index (χ3v) is 16.2. The number of H-pyrrole nitrogens is 1. The first kappa shape index (κ1) is 43.6. The number of allylic oxidation sites excluding steroid dienone is 1. The molecule has 6 aliphatic heterocycles. The lowest BCUT2D eigenvalue weighted by molar-refractivity contribution is -0.136. The number of piperidine rings is 2. The van der Waals surface area contributed by atoms with Gasteiger partial charge in [-0.2, -0.15) is 12.7 Å². The topological polar surface area (TPSA) is 198 Å².